The lowest BCUT2D eigenvalue weighted by molar-refractivity contribution is -0.161. The van der Waals surface area contributed by atoms with Gasteiger partial charge in [0.05, 0.1) is 19.8 Å². The van der Waals surface area contributed by atoms with Gasteiger partial charge in [-0.3, -0.25) is 23.4 Å². The maximum Gasteiger partial charge on any atom is 0.472 e. The number of phosphoric acid groups is 1. The van der Waals surface area contributed by atoms with Crippen LogP contribution in [0.4, 0.5) is 0 Å². The van der Waals surface area contributed by atoms with Gasteiger partial charge in [0.1, 0.15) is 12.7 Å². The van der Waals surface area contributed by atoms with Gasteiger partial charge in [0.2, 0.25) is 0 Å². The van der Waals surface area contributed by atoms with Crippen molar-refractivity contribution >= 4 is 25.5 Å². The van der Waals surface area contributed by atoms with E-state index < -0.39 is 51.8 Å². The molecule has 0 aromatic heterocycles. The summed E-state index contributed by atoms with van der Waals surface area (Å²) < 4.78 is 32.4. The van der Waals surface area contributed by atoms with E-state index in [-0.39, 0.29) is 25.2 Å². The standard InChI is InChI=1S/C36H65O11P/c1-4-5-6-7-8-13-18-23-32(38)24-19-14-11-16-20-25-35(40)44-29-34(30-46-48(42,43)45-28-33(39)27-37)47-36(41)26-21-15-10-9-12-17-22-31(2)3/h8,13,18,23,31,33-34,37,39H,4-7,9-12,14-17,19-22,24-30H2,1-3H3,(H,42,43)/b13-8-,23-18+/t33-,34+/m0/s1. The zero-order valence-corrected chi connectivity index (χ0v) is 30.8. The minimum absolute atomic E-state index is 0.107. The van der Waals surface area contributed by atoms with Crippen molar-refractivity contribution in [1.29, 1.82) is 0 Å². The molecule has 0 radical (unpaired) electrons. The third-order valence-corrected chi connectivity index (χ3v) is 8.46. The molecule has 0 saturated heterocycles. The maximum absolute atomic E-state index is 12.5. The van der Waals surface area contributed by atoms with Gasteiger partial charge in [0.15, 0.2) is 11.9 Å². The van der Waals surface area contributed by atoms with E-state index in [0.29, 0.717) is 25.2 Å². The van der Waals surface area contributed by atoms with Crippen LogP contribution in [-0.2, 0) is 37.5 Å². The highest BCUT2D eigenvalue weighted by Crippen LogP contribution is 2.43. The number of hydrogen-bond donors (Lipinski definition) is 3. The topological polar surface area (TPSA) is 166 Å². The van der Waals surface area contributed by atoms with Gasteiger partial charge in [-0.2, -0.15) is 0 Å². The van der Waals surface area contributed by atoms with Crippen LogP contribution < -0.4 is 0 Å². The van der Waals surface area contributed by atoms with Crippen molar-refractivity contribution < 1.29 is 52.6 Å². The van der Waals surface area contributed by atoms with Crippen LogP contribution in [0.2, 0.25) is 0 Å². The fourth-order valence-corrected chi connectivity index (χ4v) is 5.42. The number of phosphoric ester groups is 1. The van der Waals surface area contributed by atoms with Gasteiger partial charge < -0.3 is 24.6 Å². The molecule has 3 atom stereocenters. The van der Waals surface area contributed by atoms with E-state index in [2.05, 4.69) is 31.4 Å². The number of ether oxygens (including phenoxy) is 2. The lowest BCUT2D eigenvalue weighted by Crippen LogP contribution is -2.29. The molecule has 0 amide bonds. The number of aliphatic hydroxyl groups excluding tert-OH is 2. The van der Waals surface area contributed by atoms with Gasteiger partial charge in [0, 0.05) is 19.3 Å². The molecule has 3 N–H and O–H groups in total. The van der Waals surface area contributed by atoms with E-state index in [9.17, 15) is 28.9 Å². The molecular formula is C36H65O11P. The molecular weight excluding hydrogens is 639 g/mol. The zero-order valence-electron chi connectivity index (χ0n) is 29.9. The number of esters is 2. The SMILES string of the molecule is CCCCC/C=C\C=C\C(=O)CCCCCCCC(=O)OC[C@H](COP(=O)(O)OC[C@@H](O)CO)OC(=O)CCCCCCCCC(C)C. The number of carbonyl (C=O) groups excluding carboxylic acids is 3. The number of carbonyl (C=O) groups is 3. The quantitative estimate of drug-likeness (QED) is 0.0201. The molecule has 280 valence electrons. The van der Waals surface area contributed by atoms with Crippen molar-refractivity contribution in [1.82, 2.24) is 0 Å². The summed E-state index contributed by atoms with van der Waals surface area (Å²) in [6, 6.07) is 0. The molecule has 0 heterocycles. The molecule has 0 spiro atoms. The molecule has 0 fully saturated rings. The summed E-state index contributed by atoms with van der Waals surface area (Å²) in [5.74, 6) is -0.216. The van der Waals surface area contributed by atoms with Crippen molar-refractivity contribution in [2.75, 3.05) is 26.4 Å². The number of unbranched alkanes of at least 4 members (excludes halogenated alkanes) is 12. The summed E-state index contributed by atoms with van der Waals surface area (Å²) >= 11 is 0. The molecule has 0 aliphatic rings. The first-order chi connectivity index (χ1) is 23.0. The molecule has 0 aromatic rings. The Labute approximate surface area is 289 Å². The van der Waals surface area contributed by atoms with E-state index >= 15 is 0 Å². The Kier molecular flexibility index (Phi) is 29.9. The Morgan fingerprint density at radius 1 is 0.729 bits per heavy atom. The monoisotopic (exact) mass is 704 g/mol. The van der Waals surface area contributed by atoms with Crippen molar-refractivity contribution in [3.8, 4) is 0 Å². The summed E-state index contributed by atoms with van der Waals surface area (Å²) in [6.45, 7) is 4.37. The zero-order chi connectivity index (χ0) is 35.9. The highest BCUT2D eigenvalue weighted by Gasteiger charge is 2.27. The lowest BCUT2D eigenvalue weighted by atomic mass is 10.0. The first-order valence-electron chi connectivity index (χ1n) is 18.1. The van der Waals surface area contributed by atoms with E-state index in [0.717, 1.165) is 51.4 Å². The van der Waals surface area contributed by atoms with Crippen LogP contribution in [0.5, 0.6) is 0 Å². The van der Waals surface area contributed by atoms with E-state index in [4.69, 9.17) is 19.1 Å². The minimum Gasteiger partial charge on any atom is -0.462 e. The smallest absolute Gasteiger partial charge is 0.462 e. The van der Waals surface area contributed by atoms with Gasteiger partial charge in [-0.25, -0.2) is 4.57 Å². The number of rotatable bonds is 33. The fraction of sp³-hybridized carbons (Fsp3) is 0.806. The van der Waals surface area contributed by atoms with Crippen LogP contribution >= 0.6 is 7.82 Å². The predicted octanol–water partition coefficient (Wildman–Crippen LogP) is 7.70. The van der Waals surface area contributed by atoms with Crippen LogP contribution in [0.25, 0.3) is 0 Å². The van der Waals surface area contributed by atoms with Gasteiger partial charge in [-0.05, 0) is 44.1 Å². The lowest BCUT2D eigenvalue weighted by Gasteiger charge is -2.20. The molecule has 11 nitrogen and oxygen atoms in total. The first kappa shape index (κ1) is 46.1. The highest BCUT2D eigenvalue weighted by atomic mass is 31.2. The highest BCUT2D eigenvalue weighted by molar-refractivity contribution is 7.47. The van der Waals surface area contributed by atoms with Crippen LogP contribution in [0.1, 0.15) is 143 Å². The first-order valence-corrected chi connectivity index (χ1v) is 19.6. The molecule has 0 saturated carbocycles. The molecule has 0 aromatic carbocycles. The second kappa shape index (κ2) is 31.1. The predicted molar refractivity (Wildman–Crippen MR) is 187 cm³/mol. The second-order valence-corrected chi connectivity index (χ2v) is 14.2. The van der Waals surface area contributed by atoms with Crippen molar-refractivity contribution in [2.45, 2.75) is 155 Å². The number of ketones is 1. The van der Waals surface area contributed by atoms with Crippen molar-refractivity contribution in [3.05, 3.63) is 24.3 Å². The fourth-order valence-electron chi connectivity index (χ4n) is 4.63. The summed E-state index contributed by atoms with van der Waals surface area (Å²) in [7, 11) is -4.63. The number of hydrogen-bond acceptors (Lipinski definition) is 10. The van der Waals surface area contributed by atoms with Gasteiger partial charge in [-0.15, -0.1) is 0 Å². The van der Waals surface area contributed by atoms with E-state index in [1.807, 2.05) is 6.08 Å². The molecule has 12 heteroatoms. The van der Waals surface area contributed by atoms with Gasteiger partial charge in [-0.1, -0.05) is 110 Å². The molecule has 48 heavy (non-hydrogen) atoms. The molecule has 0 bridgehead atoms. The summed E-state index contributed by atoms with van der Waals surface area (Å²) in [5.41, 5.74) is 0. The third-order valence-electron chi connectivity index (χ3n) is 7.51. The van der Waals surface area contributed by atoms with Crippen LogP contribution in [-0.4, -0.2) is 71.5 Å². The third kappa shape index (κ3) is 31.4. The molecule has 0 aliphatic heterocycles. The van der Waals surface area contributed by atoms with Crippen molar-refractivity contribution in [3.63, 3.8) is 0 Å². The second-order valence-electron chi connectivity index (χ2n) is 12.8. The Morgan fingerprint density at radius 3 is 1.94 bits per heavy atom. The Bertz CT molecular complexity index is 935. The molecule has 1 unspecified atom stereocenters. The molecule has 0 aliphatic carbocycles. The van der Waals surface area contributed by atoms with Gasteiger partial charge >= 0.3 is 19.8 Å². The Balaban J connectivity index is 4.46. The molecule has 0 rings (SSSR count). The summed E-state index contributed by atoms with van der Waals surface area (Å²) in [4.78, 5) is 46.6. The van der Waals surface area contributed by atoms with Crippen LogP contribution in [0, 0.1) is 5.92 Å². The van der Waals surface area contributed by atoms with E-state index in [1.54, 1.807) is 12.2 Å². The summed E-state index contributed by atoms with van der Waals surface area (Å²) in [6.07, 6.45) is 21.5. The Morgan fingerprint density at radius 2 is 1.31 bits per heavy atom. The summed E-state index contributed by atoms with van der Waals surface area (Å²) in [5, 5.41) is 18.2. The number of aliphatic hydroxyl groups is 2. The maximum atomic E-state index is 12.5. The van der Waals surface area contributed by atoms with Crippen LogP contribution in [0.3, 0.4) is 0 Å². The minimum atomic E-state index is -4.63. The largest absolute Gasteiger partial charge is 0.472 e. The number of allylic oxidation sites excluding steroid dienone is 4. The average Bonchev–Trinajstić information content (AvgIpc) is 3.05. The van der Waals surface area contributed by atoms with Crippen LogP contribution in [0.15, 0.2) is 24.3 Å². The normalized spacial score (nSPS) is 14.4. The van der Waals surface area contributed by atoms with E-state index in [1.165, 1.54) is 38.5 Å². The Hall–Kier alpha value is -1.88. The van der Waals surface area contributed by atoms with Gasteiger partial charge in [0.25, 0.3) is 0 Å². The van der Waals surface area contributed by atoms with Crippen molar-refractivity contribution in [2.24, 2.45) is 5.92 Å². The average molecular weight is 705 g/mol.